The molecule has 0 aliphatic rings. The number of hydrogen-bond donors (Lipinski definition) is 0. The molecule has 0 saturated carbocycles. The molecule has 0 aromatic carbocycles. The molecule has 0 aromatic heterocycles. The molecule has 0 aromatic rings. The quantitative estimate of drug-likeness (QED) is 0.104. The first-order valence-electron chi connectivity index (χ1n) is 15.6. The highest BCUT2D eigenvalue weighted by Crippen LogP contribution is 2.22. The summed E-state index contributed by atoms with van der Waals surface area (Å²) in [6, 6.07) is 0. The van der Waals surface area contributed by atoms with Crippen LogP contribution in [-0.2, 0) is 0 Å². The maximum atomic E-state index is 4.22. The summed E-state index contributed by atoms with van der Waals surface area (Å²) in [6.45, 7) is 8.82. The lowest BCUT2D eigenvalue weighted by Gasteiger charge is -2.14. The molecule has 0 fully saturated rings. The van der Waals surface area contributed by atoms with Gasteiger partial charge in [-0.1, -0.05) is 201 Å². The van der Waals surface area contributed by atoms with Crippen molar-refractivity contribution in [2.75, 3.05) is 0 Å². The predicted octanol–water partition coefficient (Wildman–Crippen LogP) is 12.4. The van der Waals surface area contributed by atoms with E-state index in [0.29, 0.717) is 0 Å². The van der Waals surface area contributed by atoms with Gasteiger partial charge in [0.25, 0.3) is 0 Å². The Morgan fingerprint density at radius 2 is 0.562 bits per heavy atom. The summed E-state index contributed by atoms with van der Waals surface area (Å²) in [5.41, 5.74) is 0. The van der Waals surface area contributed by atoms with Crippen molar-refractivity contribution in [1.82, 2.24) is 0 Å². The molecule has 0 heteroatoms. The third-order valence-corrected chi connectivity index (χ3v) is 7.59. The van der Waals surface area contributed by atoms with E-state index in [-0.39, 0.29) is 0 Å². The van der Waals surface area contributed by atoms with E-state index in [0.717, 1.165) is 12.3 Å². The van der Waals surface area contributed by atoms with Crippen LogP contribution >= 0.6 is 0 Å². The smallest absolute Gasteiger partial charge is 0.0414 e. The van der Waals surface area contributed by atoms with Crippen molar-refractivity contribution in [2.45, 2.75) is 194 Å². The minimum atomic E-state index is 0.909. The Kier molecular flexibility index (Phi) is 29.0. The molecule has 0 amide bonds. The van der Waals surface area contributed by atoms with Gasteiger partial charge < -0.3 is 0 Å². The maximum absolute atomic E-state index is 4.22. The first-order chi connectivity index (χ1) is 15.8. The van der Waals surface area contributed by atoms with Crippen LogP contribution in [0, 0.1) is 12.8 Å². The molecule has 0 aliphatic carbocycles. The summed E-state index contributed by atoms with van der Waals surface area (Å²) in [4.78, 5) is 0. The summed E-state index contributed by atoms with van der Waals surface area (Å²) in [5, 5.41) is 0. The molecule has 32 heavy (non-hydrogen) atoms. The van der Waals surface area contributed by atoms with Crippen LogP contribution < -0.4 is 0 Å². The maximum Gasteiger partial charge on any atom is -0.0414 e. The van der Waals surface area contributed by atoms with Crippen LogP contribution in [0.5, 0.6) is 0 Å². The van der Waals surface area contributed by atoms with Crippen LogP contribution in [0.25, 0.3) is 0 Å². The van der Waals surface area contributed by atoms with Crippen LogP contribution in [0.3, 0.4) is 0 Å². The van der Waals surface area contributed by atoms with Gasteiger partial charge in [0.15, 0.2) is 0 Å². The number of hydrogen-bond acceptors (Lipinski definition) is 0. The van der Waals surface area contributed by atoms with Crippen LogP contribution in [0.1, 0.15) is 194 Å². The van der Waals surface area contributed by atoms with Crippen LogP contribution in [0.4, 0.5) is 0 Å². The van der Waals surface area contributed by atoms with Gasteiger partial charge in [-0.25, -0.2) is 0 Å². The van der Waals surface area contributed by atoms with Crippen molar-refractivity contribution < 1.29 is 0 Å². The average Bonchev–Trinajstić information content (AvgIpc) is 2.81. The van der Waals surface area contributed by atoms with Crippen LogP contribution in [0.2, 0.25) is 0 Å². The van der Waals surface area contributed by atoms with Crippen molar-refractivity contribution in [3.63, 3.8) is 0 Å². The molecule has 1 atom stereocenters. The average molecular weight is 450 g/mol. The Morgan fingerprint density at radius 3 is 0.781 bits per heavy atom. The second-order valence-corrected chi connectivity index (χ2v) is 10.9. The standard InChI is InChI=1S/C32H65/c1-4-7-9-11-13-14-15-16-17-18-19-20-21-22-23-24-25-27-29-31-32(6-3)30-28-26-12-10-8-5-2/h32H,3-31H2,1-2H3. The Labute approximate surface area is 206 Å². The molecule has 1 unspecified atom stereocenters. The van der Waals surface area contributed by atoms with E-state index in [1.165, 1.54) is 173 Å². The summed E-state index contributed by atoms with van der Waals surface area (Å²) in [5.74, 6) is 0.909. The third kappa shape index (κ3) is 26.3. The Hall–Kier alpha value is 0. The zero-order valence-corrected chi connectivity index (χ0v) is 23.1. The molecule has 0 bridgehead atoms. The van der Waals surface area contributed by atoms with Crippen molar-refractivity contribution in [2.24, 2.45) is 5.92 Å². The first kappa shape index (κ1) is 32.0. The van der Waals surface area contributed by atoms with Gasteiger partial charge in [0.2, 0.25) is 0 Å². The second kappa shape index (κ2) is 29.0. The zero-order chi connectivity index (χ0) is 23.4. The van der Waals surface area contributed by atoms with E-state index in [1.807, 2.05) is 0 Å². The molecule has 0 saturated heterocycles. The molecule has 0 N–H and O–H groups in total. The minimum Gasteiger partial charge on any atom is -0.0654 e. The van der Waals surface area contributed by atoms with Gasteiger partial charge in [-0.2, -0.15) is 0 Å². The van der Waals surface area contributed by atoms with E-state index in [4.69, 9.17) is 0 Å². The summed E-state index contributed by atoms with van der Waals surface area (Å²) in [7, 11) is 0. The van der Waals surface area contributed by atoms with E-state index >= 15 is 0 Å². The van der Waals surface area contributed by atoms with Gasteiger partial charge in [-0.05, 0) is 5.92 Å². The van der Waals surface area contributed by atoms with E-state index in [1.54, 1.807) is 0 Å². The fourth-order valence-electron chi connectivity index (χ4n) is 5.16. The van der Waals surface area contributed by atoms with Crippen LogP contribution in [-0.4, -0.2) is 0 Å². The van der Waals surface area contributed by atoms with Gasteiger partial charge in [-0.3, -0.25) is 0 Å². The Bertz CT molecular complexity index is 307. The van der Waals surface area contributed by atoms with Gasteiger partial charge in [0, 0.05) is 0 Å². The summed E-state index contributed by atoms with van der Waals surface area (Å²) < 4.78 is 0. The molecule has 193 valence electrons. The highest BCUT2D eigenvalue weighted by molar-refractivity contribution is 4.62. The molecule has 0 spiro atoms. The Balaban J connectivity index is 3.19. The fraction of sp³-hybridized carbons (Fsp3) is 0.969. The highest BCUT2D eigenvalue weighted by Gasteiger charge is 2.06. The molecular weight excluding hydrogens is 384 g/mol. The van der Waals surface area contributed by atoms with E-state index in [9.17, 15) is 0 Å². The lowest BCUT2D eigenvalue weighted by Crippen LogP contribution is -1.99. The summed E-state index contributed by atoms with van der Waals surface area (Å²) >= 11 is 0. The normalized spacial score (nSPS) is 12.5. The largest absolute Gasteiger partial charge is 0.0654 e. The van der Waals surface area contributed by atoms with Crippen molar-refractivity contribution in [3.05, 3.63) is 6.92 Å². The molecule has 0 rings (SSSR count). The molecular formula is C32H65. The van der Waals surface area contributed by atoms with Crippen molar-refractivity contribution >= 4 is 0 Å². The Morgan fingerprint density at radius 1 is 0.344 bits per heavy atom. The monoisotopic (exact) mass is 450 g/mol. The third-order valence-electron chi connectivity index (χ3n) is 7.59. The SMILES string of the molecule is [CH2]CC(CCCCCCCC)CCCCCCCCCCCCCCCCCCCCC. The van der Waals surface area contributed by atoms with Gasteiger partial charge in [0.05, 0.1) is 0 Å². The zero-order valence-electron chi connectivity index (χ0n) is 23.1. The van der Waals surface area contributed by atoms with E-state index in [2.05, 4.69) is 20.8 Å². The predicted molar refractivity (Wildman–Crippen MR) is 149 cm³/mol. The molecule has 0 nitrogen and oxygen atoms in total. The summed E-state index contributed by atoms with van der Waals surface area (Å²) in [6.07, 6.45) is 40.6. The molecule has 0 aliphatic heterocycles. The molecule has 0 heterocycles. The van der Waals surface area contributed by atoms with Gasteiger partial charge >= 0.3 is 0 Å². The van der Waals surface area contributed by atoms with Gasteiger partial charge in [0.1, 0.15) is 0 Å². The van der Waals surface area contributed by atoms with Crippen molar-refractivity contribution in [1.29, 1.82) is 0 Å². The van der Waals surface area contributed by atoms with Crippen molar-refractivity contribution in [3.8, 4) is 0 Å². The highest BCUT2D eigenvalue weighted by atomic mass is 14.1. The fourth-order valence-corrected chi connectivity index (χ4v) is 5.16. The number of unbranched alkanes of at least 4 members (excludes halogenated alkanes) is 23. The minimum absolute atomic E-state index is 0.909. The van der Waals surface area contributed by atoms with E-state index < -0.39 is 0 Å². The first-order valence-corrected chi connectivity index (χ1v) is 15.6. The lowest BCUT2D eigenvalue weighted by molar-refractivity contribution is 0.404. The second-order valence-electron chi connectivity index (χ2n) is 10.9. The lowest BCUT2D eigenvalue weighted by atomic mass is 9.92. The topological polar surface area (TPSA) is 0 Å². The number of rotatable bonds is 28. The van der Waals surface area contributed by atoms with Crippen LogP contribution in [0.15, 0.2) is 0 Å². The molecule has 1 radical (unpaired) electrons. The van der Waals surface area contributed by atoms with Gasteiger partial charge in [-0.15, -0.1) is 0 Å².